The van der Waals surface area contributed by atoms with Crippen LogP contribution in [0.15, 0.2) is 23.0 Å². The van der Waals surface area contributed by atoms with Gasteiger partial charge in [-0.1, -0.05) is 12.1 Å². The summed E-state index contributed by atoms with van der Waals surface area (Å²) in [5.41, 5.74) is 14.0. The van der Waals surface area contributed by atoms with Crippen molar-refractivity contribution in [3.05, 3.63) is 51.0 Å². The van der Waals surface area contributed by atoms with Crippen LogP contribution in [0.2, 0.25) is 0 Å². The van der Waals surface area contributed by atoms with Gasteiger partial charge < -0.3 is 5.73 Å². The van der Waals surface area contributed by atoms with Gasteiger partial charge in [-0.2, -0.15) is 0 Å². The van der Waals surface area contributed by atoms with Crippen molar-refractivity contribution in [1.29, 1.82) is 0 Å². The summed E-state index contributed by atoms with van der Waals surface area (Å²) < 4.78 is 0. The first-order valence-corrected chi connectivity index (χ1v) is 6.25. The maximum atomic E-state index is 6.19. The summed E-state index contributed by atoms with van der Waals surface area (Å²) in [4.78, 5) is 4.27. The number of aryl methyl sites for hydroxylation is 2. The van der Waals surface area contributed by atoms with Crippen molar-refractivity contribution in [2.45, 2.75) is 26.8 Å². The quantitative estimate of drug-likeness (QED) is 0.864. The largest absolute Gasteiger partial charge is 0.319 e. The van der Waals surface area contributed by atoms with Crippen LogP contribution >= 0.6 is 11.3 Å². The van der Waals surface area contributed by atoms with Gasteiger partial charge in [0.25, 0.3) is 0 Å². The molecule has 1 heterocycles. The molecular formula is C13H16N2S. The Morgan fingerprint density at radius 3 is 2.31 bits per heavy atom. The standard InChI is InChI=1S/C13H16N2S/c1-8-4-11(5-9(2)10(8)3)13(14)12-6-16-7-15-12/h4-7,13H,14H2,1-3H3. The van der Waals surface area contributed by atoms with Gasteiger partial charge in [-0.25, -0.2) is 4.98 Å². The molecule has 16 heavy (non-hydrogen) atoms. The van der Waals surface area contributed by atoms with E-state index >= 15 is 0 Å². The number of hydrogen-bond acceptors (Lipinski definition) is 3. The zero-order valence-electron chi connectivity index (χ0n) is 9.82. The molecule has 2 nitrogen and oxygen atoms in total. The Labute approximate surface area is 100 Å². The minimum Gasteiger partial charge on any atom is -0.319 e. The molecule has 0 aliphatic rings. The van der Waals surface area contributed by atoms with E-state index in [-0.39, 0.29) is 6.04 Å². The molecule has 0 saturated heterocycles. The van der Waals surface area contributed by atoms with Crippen LogP contribution in [0, 0.1) is 20.8 Å². The second-order valence-electron chi connectivity index (χ2n) is 4.17. The molecule has 0 bridgehead atoms. The molecule has 0 fully saturated rings. The van der Waals surface area contributed by atoms with Crippen LogP contribution in [0.3, 0.4) is 0 Å². The summed E-state index contributed by atoms with van der Waals surface area (Å²) >= 11 is 1.58. The molecular weight excluding hydrogens is 216 g/mol. The average Bonchev–Trinajstić information content (AvgIpc) is 2.77. The fraction of sp³-hybridized carbons (Fsp3) is 0.308. The smallest absolute Gasteiger partial charge is 0.0795 e. The summed E-state index contributed by atoms with van der Waals surface area (Å²) in [6.45, 7) is 6.39. The first-order valence-electron chi connectivity index (χ1n) is 5.31. The van der Waals surface area contributed by atoms with E-state index in [1.165, 1.54) is 16.7 Å². The minimum atomic E-state index is -0.107. The molecule has 1 aromatic carbocycles. The van der Waals surface area contributed by atoms with E-state index < -0.39 is 0 Å². The second-order valence-corrected chi connectivity index (χ2v) is 4.89. The van der Waals surface area contributed by atoms with E-state index in [0.717, 1.165) is 11.3 Å². The minimum absolute atomic E-state index is 0.107. The van der Waals surface area contributed by atoms with Crippen LogP contribution in [0.4, 0.5) is 0 Å². The van der Waals surface area contributed by atoms with Crippen LogP contribution in [0.25, 0.3) is 0 Å². The highest BCUT2D eigenvalue weighted by Gasteiger charge is 2.12. The van der Waals surface area contributed by atoms with E-state index in [2.05, 4.69) is 37.9 Å². The first kappa shape index (κ1) is 11.3. The fourth-order valence-electron chi connectivity index (χ4n) is 1.79. The molecule has 1 unspecified atom stereocenters. The number of aromatic nitrogens is 1. The van der Waals surface area contributed by atoms with Crippen molar-refractivity contribution in [1.82, 2.24) is 4.98 Å². The lowest BCUT2D eigenvalue weighted by molar-refractivity contribution is 0.835. The molecule has 1 atom stereocenters. The van der Waals surface area contributed by atoms with Crippen LogP contribution in [0.5, 0.6) is 0 Å². The van der Waals surface area contributed by atoms with Gasteiger partial charge in [0.05, 0.1) is 17.2 Å². The van der Waals surface area contributed by atoms with Crippen LogP contribution in [-0.2, 0) is 0 Å². The monoisotopic (exact) mass is 232 g/mol. The lowest BCUT2D eigenvalue weighted by Gasteiger charge is -2.13. The van der Waals surface area contributed by atoms with Crippen molar-refractivity contribution in [3.63, 3.8) is 0 Å². The SMILES string of the molecule is Cc1cc(C(N)c2cscn2)cc(C)c1C. The Morgan fingerprint density at radius 2 is 1.81 bits per heavy atom. The average molecular weight is 232 g/mol. The molecule has 2 aromatic rings. The number of thiazole rings is 1. The Morgan fingerprint density at radius 1 is 1.19 bits per heavy atom. The number of nitrogens with two attached hydrogens (primary N) is 1. The van der Waals surface area contributed by atoms with Gasteiger partial charge in [-0.05, 0) is 43.0 Å². The van der Waals surface area contributed by atoms with Crippen LogP contribution in [-0.4, -0.2) is 4.98 Å². The van der Waals surface area contributed by atoms with Crippen molar-refractivity contribution >= 4 is 11.3 Å². The summed E-state index contributed by atoms with van der Waals surface area (Å²) in [5.74, 6) is 0. The van der Waals surface area contributed by atoms with Crippen LogP contribution < -0.4 is 5.73 Å². The molecule has 0 radical (unpaired) electrons. The third kappa shape index (κ3) is 2.01. The van der Waals surface area contributed by atoms with Gasteiger partial charge in [0.1, 0.15) is 0 Å². The maximum Gasteiger partial charge on any atom is 0.0795 e. The molecule has 0 spiro atoms. The lowest BCUT2D eigenvalue weighted by Crippen LogP contribution is -2.13. The number of rotatable bonds is 2. The summed E-state index contributed by atoms with van der Waals surface area (Å²) in [6, 6.07) is 4.21. The molecule has 3 heteroatoms. The predicted octanol–water partition coefficient (Wildman–Crippen LogP) is 3.12. The normalized spacial score (nSPS) is 12.8. The number of benzene rings is 1. The molecule has 0 saturated carbocycles. The zero-order valence-corrected chi connectivity index (χ0v) is 10.6. The van der Waals surface area contributed by atoms with Gasteiger partial charge in [-0.15, -0.1) is 11.3 Å². The Hall–Kier alpha value is -1.19. The van der Waals surface area contributed by atoms with E-state index in [1.54, 1.807) is 11.3 Å². The maximum absolute atomic E-state index is 6.19. The van der Waals surface area contributed by atoms with E-state index in [4.69, 9.17) is 5.73 Å². The second kappa shape index (κ2) is 4.36. The molecule has 84 valence electrons. The zero-order chi connectivity index (χ0) is 11.7. The number of hydrogen-bond donors (Lipinski definition) is 1. The molecule has 0 amide bonds. The van der Waals surface area contributed by atoms with Gasteiger partial charge in [-0.3, -0.25) is 0 Å². The first-order chi connectivity index (χ1) is 7.59. The number of nitrogens with zero attached hydrogens (tertiary/aromatic N) is 1. The Balaban J connectivity index is 2.42. The molecule has 0 aliphatic heterocycles. The van der Waals surface area contributed by atoms with Crippen LogP contribution in [0.1, 0.15) is 34.0 Å². The van der Waals surface area contributed by atoms with Gasteiger partial charge in [0, 0.05) is 5.38 Å². The van der Waals surface area contributed by atoms with Gasteiger partial charge >= 0.3 is 0 Å². The van der Waals surface area contributed by atoms with E-state index in [9.17, 15) is 0 Å². The highest BCUT2D eigenvalue weighted by Crippen LogP contribution is 2.23. The summed E-state index contributed by atoms with van der Waals surface area (Å²) in [5, 5.41) is 2.01. The van der Waals surface area contributed by atoms with Crippen molar-refractivity contribution in [2.75, 3.05) is 0 Å². The predicted molar refractivity (Wildman–Crippen MR) is 68.8 cm³/mol. The van der Waals surface area contributed by atoms with Gasteiger partial charge in [0.15, 0.2) is 0 Å². The molecule has 2 N–H and O–H groups in total. The van der Waals surface area contributed by atoms with Crippen molar-refractivity contribution in [2.24, 2.45) is 5.73 Å². The van der Waals surface area contributed by atoms with Crippen molar-refractivity contribution in [3.8, 4) is 0 Å². The highest BCUT2D eigenvalue weighted by atomic mass is 32.1. The Kier molecular flexibility index (Phi) is 3.08. The van der Waals surface area contributed by atoms with Crippen molar-refractivity contribution < 1.29 is 0 Å². The van der Waals surface area contributed by atoms with E-state index in [0.29, 0.717) is 0 Å². The topological polar surface area (TPSA) is 38.9 Å². The molecule has 0 aliphatic carbocycles. The summed E-state index contributed by atoms with van der Waals surface area (Å²) in [6.07, 6.45) is 0. The Bertz CT molecular complexity index is 466. The fourth-order valence-corrected chi connectivity index (χ4v) is 2.39. The highest BCUT2D eigenvalue weighted by molar-refractivity contribution is 7.07. The molecule has 1 aromatic heterocycles. The van der Waals surface area contributed by atoms with Gasteiger partial charge in [0.2, 0.25) is 0 Å². The third-order valence-electron chi connectivity index (χ3n) is 3.08. The molecule has 2 rings (SSSR count). The van der Waals surface area contributed by atoms with E-state index in [1.807, 2.05) is 10.9 Å². The lowest BCUT2D eigenvalue weighted by atomic mass is 9.96. The third-order valence-corrected chi connectivity index (χ3v) is 3.68. The summed E-state index contributed by atoms with van der Waals surface area (Å²) in [7, 11) is 0.